The van der Waals surface area contributed by atoms with Crippen LogP contribution in [0.25, 0.3) is 11.2 Å². The number of fused-ring (bicyclic) bond motifs is 1. The van der Waals surface area contributed by atoms with E-state index < -0.39 is 23.7 Å². The predicted molar refractivity (Wildman–Crippen MR) is 121 cm³/mol. The summed E-state index contributed by atoms with van der Waals surface area (Å²) < 4.78 is 11.6. The van der Waals surface area contributed by atoms with Gasteiger partial charge in [-0.15, -0.1) is 0 Å². The molecule has 34 heavy (non-hydrogen) atoms. The minimum atomic E-state index is -0.883. The first-order chi connectivity index (χ1) is 16.2. The Morgan fingerprint density at radius 2 is 1.91 bits per heavy atom. The number of nitrogens with zero attached hydrogens (tertiary/aromatic N) is 5. The van der Waals surface area contributed by atoms with Crippen molar-refractivity contribution in [2.45, 2.75) is 39.9 Å². The monoisotopic (exact) mass is 469 g/mol. The molecule has 2 amide bonds. The highest BCUT2D eigenvalue weighted by molar-refractivity contribution is 5.84. The third kappa shape index (κ3) is 6.72. The van der Waals surface area contributed by atoms with E-state index in [1.54, 1.807) is 27.7 Å². The number of likely N-dealkylation sites (N-methyl/N-ethyl adjacent to an activating group) is 1. The lowest BCUT2D eigenvalue weighted by Gasteiger charge is -2.24. The van der Waals surface area contributed by atoms with Crippen LogP contribution in [0.5, 0.6) is 0 Å². The Bertz CT molecular complexity index is 1230. The molecule has 0 aliphatic carbocycles. The van der Waals surface area contributed by atoms with Crippen LogP contribution in [0.1, 0.15) is 38.1 Å². The number of carbonyl (C=O) groups is 3. The maximum absolute atomic E-state index is 13.1. The summed E-state index contributed by atoms with van der Waals surface area (Å²) in [7, 11) is 0. The van der Waals surface area contributed by atoms with Crippen molar-refractivity contribution >= 4 is 29.3 Å². The fraction of sp³-hybridized carbons (Fsp3) is 0.364. The van der Waals surface area contributed by atoms with Gasteiger partial charge in [-0.2, -0.15) is 4.99 Å². The van der Waals surface area contributed by atoms with Crippen molar-refractivity contribution in [1.82, 2.24) is 30.0 Å². The Morgan fingerprint density at radius 3 is 2.59 bits per heavy atom. The quantitative estimate of drug-likeness (QED) is 0.524. The third-order valence-corrected chi connectivity index (χ3v) is 4.39. The zero-order chi connectivity index (χ0) is 24.7. The van der Waals surface area contributed by atoms with E-state index in [9.17, 15) is 14.4 Å². The van der Waals surface area contributed by atoms with Gasteiger partial charge >= 0.3 is 12.2 Å². The van der Waals surface area contributed by atoms with E-state index in [0.717, 1.165) is 10.1 Å². The number of hydrogen-bond donors (Lipinski definition) is 2. The maximum atomic E-state index is 13.1. The molecule has 2 N–H and O–H groups in total. The SMILES string of the molecule is CCN(CC(=O)n1cnc2nc[nH]c2c1=NC(=O)OCc1ccccc1)NC(=O)OC(C)(C)C. The van der Waals surface area contributed by atoms with E-state index in [1.807, 2.05) is 30.3 Å². The van der Waals surface area contributed by atoms with Gasteiger partial charge in [0.05, 0.1) is 12.9 Å². The van der Waals surface area contributed by atoms with Gasteiger partial charge in [-0.05, 0) is 26.3 Å². The number of rotatable bonds is 6. The summed E-state index contributed by atoms with van der Waals surface area (Å²) in [5, 5.41) is 1.37. The van der Waals surface area contributed by atoms with Crippen molar-refractivity contribution in [3.05, 3.63) is 54.0 Å². The molecule has 0 aliphatic rings. The molecule has 0 spiro atoms. The highest BCUT2D eigenvalue weighted by atomic mass is 16.6. The van der Waals surface area contributed by atoms with Crippen LogP contribution in [-0.2, 0) is 16.1 Å². The molecule has 0 saturated carbocycles. The van der Waals surface area contributed by atoms with Crippen LogP contribution in [0.3, 0.4) is 0 Å². The molecule has 0 saturated heterocycles. The van der Waals surface area contributed by atoms with Gasteiger partial charge in [0.1, 0.15) is 24.1 Å². The Balaban J connectivity index is 1.82. The number of aromatic amines is 1. The number of ether oxygens (including phenoxy) is 2. The highest BCUT2D eigenvalue weighted by Crippen LogP contribution is 2.07. The molecule has 12 nitrogen and oxygen atoms in total. The van der Waals surface area contributed by atoms with Crippen molar-refractivity contribution in [2.24, 2.45) is 4.99 Å². The topological polar surface area (TPSA) is 144 Å². The molecule has 2 aromatic heterocycles. The number of aromatic nitrogens is 4. The fourth-order valence-corrected chi connectivity index (χ4v) is 2.87. The van der Waals surface area contributed by atoms with Crippen LogP contribution in [0.4, 0.5) is 9.59 Å². The number of amides is 2. The molecule has 0 bridgehead atoms. The second kappa shape index (κ2) is 10.7. The van der Waals surface area contributed by atoms with E-state index >= 15 is 0 Å². The molecule has 0 aliphatic heterocycles. The number of nitrogens with one attached hydrogen (secondary N) is 2. The number of H-pyrrole nitrogens is 1. The normalized spacial score (nSPS) is 12.1. The number of imidazole rings is 1. The standard InChI is InChI=1S/C22H27N7O5/c1-5-28(27-21(32)34-22(2,3)4)11-16(30)29-14-25-18-17(23-13-24-18)19(29)26-20(31)33-12-15-9-7-6-8-10-15/h6-10,13-14H,5,11-12H2,1-4H3,(H,23,24)(H,27,32). The molecule has 0 unspecified atom stereocenters. The second-order valence-electron chi connectivity index (χ2n) is 8.21. The highest BCUT2D eigenvalue weighted by Gasteiger charge is 2.20. The van der Waals surface area contributed by atoms with Crippen LogP contribution in [0.15, 0.2) is 48.0 Å². The number of hydrogen-bond acceptors (Lipinski definition) is 8. The predicted octanol–water partition coefficient (Wildman–Crippen LogP) is 2.40. The van der Waals surface area contributed by atoms with E-state index in [2.05, 4.69) is 25.4 Å². The Kier molecular flexibility index (Phi) is 7.74. The average molecular weight is 470 g/mol. The van der Waals surface area contributed by atoms with Gasteiger partial charge in [0, 0.05) is 6.54 Å². The third-order valence-electron chi connectivity index (χ3n) is 4.39. The van der Waals surface area contributed by atoms with Gasteiger partial charge < -0.3 is 14.5 Å². The van der Waals surface area contributed by atoms with E-state index in [4.69, 9.17) is 9.47 Å². The zero-order valence-electron chi connectivity index (χ0n) is 19.4. The molecule has 3 aromatic rings. The van der Waals surface area contributed by atoms with Crippen molar-refractivity contribution in [2.75, 3.05) is 13.1 Å². The van der Waals surface area contributed by atoms with Gasteiger partial charge in [0.15, 0.2) is 11.1 Å². The first-order valence-electron chi connectivity index (χ1n) is 10.6. The van der Waals surface area contributed by atoms with E-state index in [-0.39, 0.29) is 29.8 Å². The van der Waals surface area contributed by atoms with Crippen molar-refractivity contribution < 1.29 is 23.9 Å². The van der Waals surface area contributed by atoms with Crippen LogP contribution < -0.4 is 10.9 Å². The minimum absolute atomic E-state index is 0.0149. The van der Waals surface area contributed by atoms with Crippen molar-refractivity contribution in [3.63, 3.8) is 0 Å². The van der Waals surface area contributed by atoms with Crippen LogP contribution >= 0.6 is 0 Å². The molecular formula is C22H27N7O5. The minimum Gasteiger partial charge on any atom is -0.443 e. The van der Waals surface area contributed by atoms with E-state index in [0.29, 0.717) is 6.54 Å². The summed E-state index contributed by atoms with van der Waals surface area (Å²) in [5.74, 6) is -0.503. The summed E-state index contributed by atoms with van der Waals surface area (Å²) in [6.07, 6.45) is 1.02. The lowest BCUT2D eigenvalue weighted by Crippen LogP contribution is -2.48. The number of hydrazine groups is 1. The number of carbonyl (C=O) groups excluding carboxylic acids is 3. The molecule has 180 valence electrons. The Labute approximate surface area is 195 Å². The first kappa shape index (κ1) is 24.6. The Morgan fingerprint density at radius 1 is 1.18 bits per heavy atom. The molecule has 0 radical (unpaired) electrons. The molecule has 0 fully saturated rings. The van der Waals surface area contributed by atoms with Gasteiger partial charge in [-0.1, -0.05) is 37.3 Å². The summed E-state index contributed by atoms with van der Waals surface area (Å²) in [6, 6.07) is 9.14. The summed E-state index contributed by atoms with van der Waals surface area (Å²) >= 11 is 0. The van der Waals surface area contributed by atoms with Crippen molar-refractivity contribution in [1.29, 1.82) is 0 Å². The summed E-state index contributed by atoms with van der Waals surface area (Å²) in [4.78, 5) is 52.6. The summed E-state index contributed by atoms with van der Waals surface area (Å²) in [6.45, 7) is 7.08. The van der Waals surface area contributed by atoms with Gasteiger partial charge in [-0.3, -0.25) is 14.8 Å². The Hall–Kier alpha value is -4.06. The van der Waals surface area contributed by atoms with Gasteiger partial charge in [-0.25, -0.2) is 24.6 Å². The average Bonchev–Trinajstić information content (AvgIpc) is 3.26. The molecular weight excluding hydrogens is 442 g/mol. The van der Waals surface area contributed by atoms with Gasteiger partial charge in [0.2, 0.25) is 5.91 Å². The summed E-state index contributed by atoms with van der Waals surface area (Å²) in [5.41, 5.74) is 3.18. The number of benzene rings is 1. The molecule has 1 aromatic carbocycles. The maximum Gasteiger partial charge on any atom is 0.436 e. The van der Waals surface area contributed by atoms with Crippen molar-refractivity contribution in [3.8, 4) is 0 Å². The van der Waals surface area contributed by atoms with Crippen LogP contribution in [-0.4, -0.2) is 61.3 Å². The van der Waals surface area contributed by atoms with Crippen LogP contribution in [0.2, 0.25) is 0 Å². The molecule has 12 heteroatoms. The lowest BCUT2D eigenvalue weighted by molar-refractivity contribution is 0.0331. The first-order valence-corrected chi connectivity index (χ1v) is 10.6. The second-order valence-corrected chi connectivity index (χ2v) is 8.21. The zero-order valence-corrected chi connectivity index (χ0v) is 19.4. The van der Waals surface area contributed by atoms with E-state index in [1.165, 1.54) is 17.7 Å². The van der Waals surface area contributed by atoms with Gasteiger partial charge in [0.25, 0.3) is 0 Å². The lowest BCUT2D eigenvalue weighted by atomic mass is 10.2. The molecule has 3 rings (SSSR count). The molecule has 0 atom stereocenters. The largest absolute Gasteiger partial charge is 0.443 e. The van der Waals surface area contributed by atoms with Crippen LogP contribution in [0, 0.1) is 0 Å². The molecule has 2 heterocycles. The fourth-order valence-electron chi connectivity index (χ4n) is 2.87. The smallest absolute Gasteiger partial charge is 0.436 e.